The molecule has 0 unspecified atom stereocenters. The molecule has 0 aliphatic heterocycles. The molecule has 0 radical (unpaired) electrons. The fraction of sp³-hybridized carbons (Fsp3) is 0.0667. The van der Waals surface area contributed by atoms with E-state index in [1.165, 1.54) is 30.6 Å². The van der Waals surface area contributed by atoms with Gasteiger partial charge in [0.2, 0.25) is 0 Å². The van der Waals surface area contributed by atoms with Crippen LogP contribution in [0.3, 0.4) is 0 Å². The summed E-state index contributed by atoms with van der Waals surface area (Å²) < 4.78 is 35.0. The van der Waals surface area contributed by atoms with E-state index in [1.807, 2.05) is 0 Å². The van der Waals surface area contributed by atoms with Crippen LogP contribution in [0.5, 0.6) is 5.75 Å². The van der Waals surface area contributed by atoms with Crippen molar-refractivity contribution in [1.82, 2.24) is 4.98 Å². The minimum absolute atomic E-state index is 0.117. The van der Waals surface area contributed by atoms with Crippen LogP contribution in [0.4, 0.5) is 8.78 Å². The molecule has 0 atom stereocenters. The highest BCUT2D eigenvalue weighted by molar-refractivity contribution is 6.11. The zero-order chi connectivity index (χ0) is 15.7. The lowest BCUT2D eigenvalue weighted by molar-refractivity contribution is -0.131. The summed E-state index contributed by atoms with van der Waals surface area (Å²) in [5.41, 5.74) is 1.07. The maximum atomic E-state index is 12.5. The molecule has 112 valence electrons. The number of pyridine rings is 1. The number of halogens is 2. The third-order valence-electron chi connectivity index (χ3n) is 3.04. The fourth-order valence-corrected chi connectivity index (χ4v) is 2.22. The minimum Gasteiger partial charge on any atom is -0.478 e. The van der Waals surface area contributed by atoms with Crippen LogP contribution in [0.1, 0.15) is 5.56 Å². The maximum absolute atomic E-state index is 12.5. The molecule has 0 spiro atoms. The van der Waals surface area contributed by atoms with E-state index in [4.69, 9.17) is 9.52 Å². The molecule has 0 aliphatic rings. The van der Waals surface area contributed by atoms with Crippen LogP contribution in [-0.4, -0.2) is 22.7 Å². The van der Waals surface area contributed by atoms with Crippen LogP contribution in [0.25, 0.3) is 28.0 Å². The topological polar surface area (TPSA) is 72.6 Å². The molecule has 2 heterocycles. The maximum Gasteiger partial charge on any atom is 0.387 e. The van der Waals surface area contributed by atoms with E-state index < -0.39 is 12.6 Å². The van der Waals surface area contributed by atoms with Crippen molar-refractivity contribution in [1.29, 1.82) is 0 Å². The average Bonchev–Trinajstić information content (AvgIpc) is 2.86. The molecule has 22 heavy (non-hydrogen) atoms. The SMILES string of the molecule is O=C(O)C=Cc1ccc(OC(F)F)c2oc3ccncc3c12. The highest BCUT2D eigenvalue weighted by Crippen LogP contribution is 2.37. The summed E-state index contributed by atoms with van der Waals surface area (Å²) in [6.45, 7) is -2.99. The number of fused-ring (bicyclic) bond motifs is 3. The van der Waals surface area contributed by atoms with Gasteiger partial charge in [-0.2, -0.15) is 8.78 Å². The molecule has 2 aromatic heterocycles. The lowest BCUT2D eigenvalue weighted by Gasteiger charge is -2.06. The Morgan fingerprint density at radius 3 is 2.91 bits per heavy atom. The molecule has 0 bridgehead atoms. The molecule has 0 saturated heterocycles. The normalized spacial score (nSPS) is 11.8. The summed E-state index contributed by atoms with van der Waals surface area (Å²) in [6, 6.07) is 4.39. The van der Waals surface area contributed by atoms with Crippen LogP contribution in [0.2, 0.25) is 0 Å². The lowest BCUT2D eigenvalue weighted by Crippen LogP contribution is -2.02. The Morgan fingerprint density at radius 1 is 1.36 bits per heavy atom. The highest BCUT2D eigenvalue weighted by atomic mass is 19.3. The minimum atomic E-state index is -2.99. The third kappa shape index (κ3) is 2.48. The van der Waals surface area contributed by atoms with Gasteiger partial charge in [-0.05, 0) is 23.8 Å². The third-order valence-corrected chi connectivity index (χ3v) is 3.04. The van der Waals surface area contributed by atoms with Crippen LogP contribution in [-0.2, 0) is 4.79 Å². The molecule has 0 saturated carbocycles. The molecule has 1 aromatic carbocycles. The van der Waals surface area contributed by atoms with E-state index >= 15 is 0 Å². The number of carboxylic acids is 1. The average molecular weight is 305 g/mol. The lowest BCUT2D eigenvalue weighted by atomic mass is 10.1. The fourth-order valence-electron chi connectivity index (χ4n) is 2.22. The van der Waals surface area contributed by atoms with Gasteiger partial charge >= 0.3 is 12.6 Å². The number of hydrogen-bond donors (Lipinski definition) is 1. The van der Waals surface area contributed by atoms with Gasteiger partial charge in [-0.3, -0.25) is 4.98 Å². The number of rotatable bonds is 4. The zero-order valence-electron chi connectivity index (χ0n) is 11.0. The first kappa shape index (κ1) is 14.0. The van der Waals surface area contributed by atoms with Crippen molar-refractivity contribution in [3.05, 3.63) is 42.2 Å². The first-order valence-electron chi connectivity index (χ1n) is 6.21. The van der Waals surface area contributed by atoms with Crippen molar-refractivity contribution in [2.75, 3.05) is 0 Å². The Balaban J connectivity index is 2.31. The van der Waals surface area contributed by atoms with Crippen molar-refractivity contribution in [3.63, 3.8) is 0 Å². The number of hydrogen-bond acceptors (Lipinski definition) is 4. The number of nitrogens with zero attached hydrogens (tertiary/aromatic N) is 1. The number of benzene rings is 1. The van der Waals surface area contributed by atoms with Crippen molar-refractivity contribution >= 4 is 34.0 Å². The number of furan rings is 1. The van der Waals surface area contributed by atoms with Gasteiger partial charge in [0.1, 0.15) is 5.58 Å². The second-order valence-electron chi connectivity index (χ2n) is 4.38. The van der Waals surface area contributed by atoms with E-state index in [1.54, 1.807) is 6.07 Å². The first-order chi connectivity index (χ1) is 10.6. The summed E-state index contributed by atoms with van der Waals surface area (Å²) >= 11 is 0. The molecule has 3 rings (SSSR count). The Bertz CT molecular complexity index is 886. The summed E-state index contributed by atoms with van der Waals surface area (Å²) in [5, 5.41) is 9.79. The summed E-state index contributed by atoms with van der Waals surface area (Å²) in [6.07, 6.45) is 5.34. The molecule has 0 fully saturated rings. The van der Waals surface area contributed by atoms with Gasteiger partial charge in [-0.1, -0.05) is 6.07 Å². The molecular weight excluding hydrogens is 296 g/mol. The molecule has 5 nitrogen and oxygen atoms in total. The van der Waals surface area contributed by atoms with Gasteiger partial charge in [0.25, 0.3) is 0 Å². The largest absolute Gasteiger partial charge is 0.478 e. The van der Waals surface area contributed by atoms with Gasteiger partial charge in [-0.15, -0.1) is 0 Å². The molecule has 1 N–H and O–H groups in total. The van der Waals surface area contributed by atoms with Crippen LogP contribution in [0.15, 0.2) is 41.1 Å². The van der Waals surface area contributed by atoms with Crippen LogP contribution < -0.4 is 4.74 Å². The van der Waals surface area contributed by atoms with Crippen molar-refractivity contribution in [3.8, 4) is 5.75 Å². The van der Waals surface area contributed by atoms with Crippen molar-refractivity contribution < 1.29 is 27.8 Å². The first-order valence-corrected chi connectivity index (χ1v) is 6.21. The predicted molar refractivity (Wildman–Crippen MR) is 74.8 cm³/mol. The van der Waals surface area contributed by atoms with Crippen LogP contribution in [0, 0.1) is 0 Å². The molecule has 3 aromatic rings. The quantitative estimate of drug-likeness (QED) is 0.744. The monoisotopic (exact) mass is 305 g/mol. The van der Waals surface area contributed by atoms with E-state index in [-0.39, 0.29) is 11.3 Å². The summed E-state index contributed by atoms with van der Waals surface area (Å²) in [5.74, 6) is -1.24. The van der Waals surface area contributed by atoms with E-state index in [2.05, 4.69) is 9.72 Å². The number of carbonyl (C=O) groups is 1. The van der Waals surface area contributed by atoms with Crippen LogP contribution >= 0.6 is 0 Å². The van der Waals surface area contributed by atoms with E-state index in [0.717, 1.165) is 6.08 Å². The summed E-state index contributed by atoms with van der Waals surface area (Å²) in [4.78, 5) is 14.6. The van der Waals surface area contributed by atoms with Gasteiger partial charge in [0, 0.05) is 29.2 Å². The number of aliphatic carboxylic acids is 1. The Hall–Kier alpha value is -2.96. The Kier molecular flexibility index (Phi) is 3.46. The predicted octanol–water partition coefficient (Wildman–Crippen LogP) is 3.68. The molecule has 0 aliphatic carbocycles. The molecule has 0 amide bonds. The van der Waals surface area contributed by atoms with Crippen molar-refractivity contribution in [2.45, 2.75) is 6.61 Å². The molecule has 7 heteroatoms. The Labute approximate surface area is 122 Å². The standard InChI is InChI=1S/C15H9F2NO4/c16-15(17)22-11-3-1-8(2-4-12(19)20)13-9-7-18-6-5-10(9)21-14(11)13/h1-7,15H,(H,19,20). The second kappa shape index (κ2) is 5.44. The van der Waals surface area contributed by atoms with E-state index in [0.29, 0.717) is 21.9 Å². The highest BCUT2D eigenvalue weighted by Gasteiger charge is 2.17. The number of alkyl halides is 2. The zero-order valence-corrected chi connectivity index (χ0v) is 11.0. The number of carboxylic acid groups (broad SMARTS) is 1. The smallest absolute Gasteiger partial charge is 0.387 e. The summed E-state index contributed by atoms with van der Waals surface area (Å²) in [7, 11) is 0. The Morgan fingerprint density at radius 2 is 2.18 bits per heavy atom. The van der Waals surface area contributed by atoms with Crippen molar-refractivity contribution in [2.24, 2.45) is 0 Å². The number of ether oxygens (including phenoxy) is 1. The van der Waals surface area contributed by atoms with Gasteiger partial charge < -0.3 is 14.3 Å². The number of aromatic nitrogens is 1. The van der Waals surface area contributed by atoms with Gasteiger partial charge in [0.05, 0.1) is 0 Å². The van der Waals surface area contributed by atoms with Gasteiger partial charge in [0.15, 0.2) is 11.3 Å². The molecular formula is C15H9F2NO4. The van der Waals surface area contributed by atoms with E-state index in [9.17, 15) is 13.6 Å². The van der Waals surface area contributed by atoms with Gasteiger partial charge in [-0.25, -0.2) is 4.79 Å². The second-order valence-corrected chi connectivity index (χ2v) is 4.38.